The van der Waals surface area contributed by atoms with Gasteiger partial charge in [-0.2, -0.15) is 5.26 Å². The van der Waals surface area contributed by atoms with Gasteiger partial charge in [0, 0.05) is 16.7 Å². The molecule has 0 bridgehead atoms. The molecule has 1 atom stereocenters. The van der Waals surface area contributed by atoms with Gasteiger partial charge in [-0.1, -0.05) is 53.2 Å². The SMILES string of the molecule is CCc1cc(Br)ccc1NCC(C#N)c1ccccc1. The van der Waals surface area contributed by atoms with E-state index in [0.29, 0.717) is 6.54 Å². The summed E-state index contributed by atoms with van der Waals surface area (Å²) < 4.78 is 1.08. The lowest BCUT2D eigenvalue weighted by atomic mass is 10.0. The maximum atomic E-state index is 9.33. The first-order valence-corrected chi connectivity index (χ1v) is 7.50. The molecule has 0 heterocycles. The minimum absolute atomic E-state index is 0.135. The Morgan fingerprint density at radius 2 is 1.95 bits per heavy atom. The molecule has 0 saturated heterocycles. The molecular weight excluding hydrogens is 312 g/mol. The minimum Gasteiger partial charge on any atom is -0.383 e. The van der Waals surface area contributed by atoms with Crippen LogP contribution in [0.4, 0.5) is 5.69 Å². The molecule has 0 aliphatic rings. The van der Waals surface area contributed by atoms with Gasteiger partial charge in [-0.05, 0) is 35.7 Å². The van der Waals surface area contributed by atoms with E-state index in [9.17, 15) is 5.26 Å². The van der Waals surface area contributed by atoms with Crippen LogP contribution in [0.1, 0.15) is 24.0 Å². The van der Waals surface area contributed by atoms with Crippen molar-refractivity contribution < 1.29 is 0 Å². The summed E-state index contributed by atoms with van der Waals surface area (Å²) in [4.78, 5) is 0. The van der Waals surface area contributed by atoms with E-state index in [-0.39, 0.29) is 5.92 Å². The van der Waals surface area contributed by atoms with E-state index in [1.54, 1.807) is 0 Å². The van der Waals surface area contributed by atoms with Crippen molar-refractivity contribution in [2.24, 2.45) is 0 Å². The summed E-state index contributed by atoms with van der Waals surface area (Å²) >= 11 is 3.49. The van der Waals surface area contributed by atoms with Gasteiger partial charge >= 0.3 is 0 Å². The summed E-state index contributed by atoms with van der Waals surface area (Å²) in [6, 6.07) is 18.5. The number of anilines is 1. The number of nitrogens with one attached hydrogen (secondary N) is 1. The van der Waals surface area contributed by atoms with Crippen molar-refractivity contribution in [1.29, 1.82) is 5.26 Å². The molecule has 0 aromatic heterocycles. The number of hydrogen-bond acceptors (Lipinski definition) is 2. The van der Waals surface area contributed by atoms with E-state index in [4.69, 9.17) is 0 Å². The largest absolute Gasteiger partial charge is 0.383 e. The molecule has 0 fully saturated rings. The average molecular weight is 329 g/mol. The maximum Gasteiger partial charge on any atom is 0.0885 e. The van der Waals surface area contributed by atoms with Gasteiger partial charge in [0.25, 0.3) is 0 Å². The molecule has 20 heavy (non-hydrogen) atoms. The number of aryl methyl sites for hydroxylation is 1. The predicted molar refractivity (Wildman–Crippen MR) is 86.8 cm³/mol. The van der Waals surface area contributed by atoms with Crippen molar-refractivity contribution in [2.75, 3.05) is 11.9 Å². The zero-order valence-electron chi connectivity index (χ0n) is 11.4. The van der Waals surface area contributed by atoms with Crippen molar-refractivity contribution in [2.45, 2.75) is 19.3 Å². The Hall–Kier alpha value is -1.79. The number of nitriles is 1. The Labute approximate surface area is 128 Å². The molecule has 0 saturated carbocycles. The summed E-state index contributed by atoms with van der Waals surface area (Å²) in [6.07, 6.45) is 0.963. The number of benzene rings is 2. The van der Waals surface area contributed by atoms with Crippen LogP contribution >= 0.6 is 15.9 Å². The molecule has 2 nitrogen and oxygen atoms in total. The minimum atomic E-state index is -0.135. The van der Waals surface area contributed by atoms with Crippen LogP contribution in [0, 0.1) is 11.3 Å². The Kier molecular flexibility index (Phi) is 5.20. The molecule has 1 unspecified atom stereocenters. The van der Waals surface area contributed by atoms with Gasteiger partial charge in [0.15, 0.2) is 0 Å². The van der Waals surface area contributed by atoms with E-state index in [1.165, 1.54) is 5.56 Å². The lowest BCUT2D eigenvalue weighted by Crippen LogP contribution is -2.12. The lowest BCUT2D eigenvalue weighted by molar-refractivity contribution is 0.897. The van der Waals surface area contributed by atoms with Crippen molar-refractivity contribution in [3.8, 4) is 6.07 Å². The Morgan fingerprint density at radius 1 is 1.20 bits per heavy atom. The molecule has 2 aromatic carbocycles. The molecule has 102 valence electrons. The first-order chi connectivity index (χ1) is 9.74. The van der Waals surface area contributed by atoms with Crippen LogP contribution in [0.15, 0.2) is 53.0 Å². The van der Waals surface area contributed by atoms with E-state index in [2.05, 4.69) is 46.4 Å². The van der Waals surface area contributed by atoms with E-state index >= 15 is 0 Å². The Bertz CT molecular complexity index is 602. The summed E-state index contributed by atoms with van der Waals surface area (Å²) in [5.41, 5.74) is 3.41. The van der Waals surface area contributed by atoms with Crippen LogP contribution in [0.5, 0.6) is 0 Å². The number of nitrogens with zero attached hydrogens (tertiary/aromatic N) is 1. The molecule has 0 spiro atoms. The standard InChI is InChI=1S/C17H17BrN2/c1-2-13-10-16(18)8-9-17(13)20-12-15(11-19)14-6-4-3-5-7-14/h3-10,15,20H,2,12H2,1H3. The molecule has 2 rings (SSSR count). The monoisotopic (exact) mass is 328 g/mol. The second kappa shape index (κ2) is 7.12. The smallest absolute Gasteiger partial charge is 0.0885 e. The third-order valence-electron chi connectivity index (χ3n) is 3.30. The van der Waals surface area contributed by atoms with Crippen LogP contribution in [-0.4, -0.2) is 6.54 Å². The summed E-state index contributed by atoms with van der Waals surface area (Å²) in [6.45, 7) is 2.75. The van der Waals surface area contributed by atoms with Gasteiger partial charge in [0.1, 0.15) is 0 Å². The molecular formula is C17H17BrN2. The predicted octanol–water partition coefficient (Wildman–Crippen LogP) is 4.73. The van der Waals surface area contributed by atoms with E-state index < -0.39 is 0 Å². The topological polar surface area (TPSA) is 35.8 Å². The first kappa shape index (κ1) is 14.6. The summed E-state index contributed by atoms with van der Waals surface area (Å²) in [5.74, 6) is -0.135. The van der Waals surface area contributed by atoms with E-state index in [0.717, 1.165) is 22.1 Å². The fourth-order valence-corrected chi connectivity index (χ4v) is 2.57. The normalized spacial score (nSPS) is 11.7. The fraction of sp³-hybridized carbons (Fsp3) is 0.235. The average Bonchev–Trinajstić information content (AvgIpc) is 2.50. The lowest BCUT2D eigenvalue weighted by Gasteiger charge is -2.15. The second-order valence-corrected chi connectivity index (χ2v) is 5.54. The molecule has 0 amide bonds. The highest BCUT2D eigenvalue weighted by Crippen LogP contribution is 2.23. The van der Waals surface area contributed by atoms with Crippen molar-refractivity contribution in [3.63, 3.8) is 0 Å². The first-order valence-electron chi connectivity index (χ1n) is 6.71. The quantitative estimate of drug-likeness (QED) is 0.861. The summed E-state index contributed by atoms with van der Waals surface area (Å²) in [7, 11) is 0. The third kappa shape index (κ3) is 3.61. The number of rotatable bonds is 5. The van der Waals surface area contributed by atoms with Gasteiger partial charge in [-0.3, -0.25) is 0 Å². The highest BCUT2D eigenvalue weighted by atomic mass is 79.9. The summed E-state index contributed by atoms with van der Waals surface area (Å²) in [5, 5.41) is 12.7. The van der Waals surface area contributed by atoms with Crippen molar-refractivity contribution >= 4 is 21.6 Å². The van der Waals surface area contributed by atoms with Gasteiger partial charge in [-0.15, -0.1) is 0 Å². The van der Waals surface area contributed by atoms with E-state index in [1.807, 2.05) is 36.4 Å². The highest BCUT2D eigenvalue weighted by molar-refractivity contribution is 9.10. The molecule has 0 aliphatic carbocycles. The van der Waals surface area contributed by atoms with Gasteiger partial charge in [0.2, 0.25) is 0 Å². The van der Waals surface area contributed by atoms with Crippen molar-refractivity contribution in [3.05, 3.63) is 64.1 Å². The second-order valence-electron chi connectivity index (χ2n) is 4.63. The van der Waals surface area contributed by atoms with Crippen LogP contribution in [-0.2, 0) is 6.42 Å². The molecule has 0 aliphatic heterocycles. The molecule has 0 radical (unpaired) electrons. The molecule has 1 N–H and O–H groups in total. The van der Waals surface area contributed by atoms with Crippen molar-refractivity contribution in [1.82, 2.24) is 0 Å². The molecule has 3 heteroatoms. The zero-order valence-corrected chi connectivity index (χ0v) is 13.0. The maximum absolute atomic E-state index is 9.33. The van der Waals surface area contributed by atoms with Crippen LogP contribution in [0.3, 0.4) is 0 Å². The van der Waals surface area contributed by atoms with Gasteiger partial charge < -0.3 is 5.32 Å². The number of hydrogen-bond donors (Lipinski definition) is 1. The van der Waals surface area contributed by atoms with Gasteiger partial charge in [-0.25, -0.2) is 0 Å². The third-order valence-corrected chi connectivity index (χ3v) is 3.80. The van der Waals surface area contributed by atoms with Gasteiger partial charge in [0.05, 0.1) is 12.0 Å². The Morgan fingerprint density at radius 3 is 2.60 bits per heavy atom. The number of halogens is 1. The molecule has 2 aromatic rings. The fourth-order valence-electron chi connectivity index (χ4n) is 2.16. The highest BCUT2D eigenvalue weighted by Gasteiger charge is 2.10. The van der Waals surface area contributed by atoms with Crippen LogP contribution < -0.4 is 5.32 Å². The zero-order chi connectivity index (χ0) is 14.4. The Balaban J connectivity index is 2.10. The van der Waals surface area contributed by atoms with Crippen LogP contribution in [0.25, 0.3) is 0 Å². The van der Waals surface area contributed by atoms with Crippen LogP contribution in [0.2, 0.25) is 0 Å².